The highest BCUT2D eigenvalue weighted by atomic mass is 31.2. The lowest BCUT2D eigenvalue weighted by Gasteiger charge is -2.20. The lowest BCUT2D eigenvalue weighted by atomic mass is 10.2. The van der Waals surface area contributed by atoms with E-state index < -0.39 is 21.6 Å². The molecule has 0 aliphatic rings. The summed E-state index contributed by atoms with van der Waals surface area (Å²) in [7, 11) is -5.06. The maximum absolute atomic E-state index is 11.9. The van der Waals surface area contributed by atoms with Crippen molar-refractivity contribution in [2.75, 3.05) is 6.54 Å². The van der Waals surface area contributed by atoms with Crippen LogP contribution >= 0.6 is 16.1 Å². The molecule has 0 aromatic heterocycles. The normalized spacial score (nSPS) is 20.3. The number of rotatable bonds is 10. The van der Waals surface area contributed by atoms with Crippen molar-refractivity contribution in [1.82, 2.24) is 0 Å². The molecule has 0 aliphatic heterocycles. The SMILES string of the molecule is CCC(C)OP(=O)(O)C(OC(C)CCCN)[PH+]=O. The second-order valence-corrected chi connectivity index (χ2v) is 7.29. The molecule has 18 heavy (non-hydrogen) atoms. The van der Waals surface area contributed by atoms with E-state index in [0.717, 1.165) is 6.42 Å². The Hall–Kier alpha value is 0.170. The van der Waals surface area contributed by atoms with Crippen LogP contribution in [0.15, 0.2) is 0 Å². The zero-order valence-electron chi connectivity index (χ0n) is 11.2. The van der Waals surface area contributed by atoms with E-state index in [0.29, 0.717) is 19.4 Å². The Kier molecular flexibility index (Phi) is 9.22. The van der Waals surface area contributed by atoms with Crippen LogP contribution < -0.4 is 5.73 Å². The summed E-state index contributed by atoms with van der Waals surface area (Å²) in [5.41, 5.74) is 4.09. The molecule has 0 bridgehead atoms. The average Bonchev–Trinajstić information content (AvgIpc) is 2.32. The van der Waals surface area contributed by atoms with Gasteiger partial charge >= 0.3 is 21.6 Å². The van der Waals surface area contributed by atoms with Gasteiger partial charge in [0.05, 0.1) is 12.2 Å². The van der Waals surface area contributed by atoms with Crippen LogP contribution in [0, 0.1) is 0 Å². The predicted octanol–water partition coefficient (Wildman–Crippen LogP) is 2.44. The summed E-state index contributed by atoms with van der Waals surface area (Å²) in [5.74, 6) is 0. The molecule has 0 fully saturated rings. The Balaban J connectivity index is 4.46. The van der Waals surface area contributed by atoms with Crippen LogP contribution in [0.4, 0.5) is 0 Å². The molecule has 0 rings (SSSR count). The van der Waals surface area contributed by atoms with Gasteiger partial charge in [0.2, 0.25) is 0 Å². The van der Waals surface area contributed by atoms with Gasteiger partial charge in [-0.3, -0.25) is 4.57 Å². The zero-order valence-corrected chi connectivity index (χ0v) is 13.1. The standard InChI is InChI=1S/C10H23NO5P2/c1-4-8(2)16-18(13,14)10(17-12)15-9(3)6-5-7-11/h8-10H,4-7,11H2,1-3H3,(H,13,14)/p+1. The first-order chi connectivity index (χ1) is 8.37. The zero-order chi connectivity index (χ0) is 14.2. The highest BCUT2D eigenvalue weighted by Crippen LogP contribution is 2.54. The van der Waals surface area contributed by atoms with Gasteiger partial charge in [-0.25, -0.2) is 0 Å². The molecule has 5 unspecified atom stereocenters. The van der Waals surface area contributed by atoms with Crippen molar-refractivity contribution in [1.29, 1.82) is 0 Å². The summed E-state index contributed by atoms with van der Waals surface area (Å²) in [5, 5.41) is 0. The van der Waals surface area contributed by atoms with Gasteiger partial charge in [0.25, 0.3) is 0 Å². The van der Waals surface area contributed by atoms with E-state index in [1.54, 1.807) is 13.8 Å². The van der Waals surface area contributed by atoms with E-state index in [-0.39, 0.29) is 12.2 Å². The summed E-state index contributed by atoms with van der Waals surface area (Å²) in [6.07, 6.45) is 1.35. The van der Waals surface area contributed by atoms with Gasteiger partial charge in [0.1, 0.15) is 0 Å². The van der Waals surface area contributed by atoms with Crippen molar-refractivity contribution in [2.24, 2.45) is 5.73 Å². The molecular weight excluding hydrogens is 276 g/mol. The van der Waals surface area contributed by atoms with Gasteiger partial charge in [0.15, 0.2) is 0 Å². The molecular formula is C10H24NO5P2+. The Labute approximate surface area is 110 Å². The van der Waals surface area contributed by atoms with E-state index in [9.17, 15) is 14.0 Å². The number of hydrogen-bond acceptors (Lipinski definition) is 5. The molecule has 0 spiro atoms. The van der Waals surface area contributed by atoms with E-state index in [1.165, 1.54) is 0 Å². The van der Waals surface area contributed by atoms with Gasteiger partial charge in [-0.2, -0.15) is 0 Å². The fraction of sp³-hybridized carbons (Fsp3) is 1.00. The second kappa shape index (κ2) is 9.13. The molecule has 0 heterocycles. The van der Waals surface area contributed by atoms with Crippen molar-refractivity contribution in [3.05, 3.63) is 0 Å². The highest BCUT2D eigenvalue weighted by Gasteiger charge is 2.42. The van der Waals surface area contributed by atoms with Gasteiger partial charge in [0, 0.05) is 0 Å². The third-order valence-corrected chi connectivity index (χ3v) is 5.49. The third kappa shape index (κ3) is 6.93. The molecule has 108 valence electrons. The highest BCUT2D eigenvalue weighted by molar-refractivity contribution is 7.62. The van der Waals surface area contributed by atoms with Crippen molar-refractivity contribution < 1.29 is 23.3 Å². The molecule has 0 amide bonds. The Morgan fingerprint density at radius 2 is 2.00 bits per heavy atom. The maximum atomic E-state index is 11.9. The minimum atomic E-state index is -4.01. The first-order valence-corrected chi connectivity index (χ1v) is 8.74. The third-order valence-electron chi connectivity index (χ3n) is 2.48. The molecule has 0 radical (unpaired) electrons. The Bertz CT molecular complexity index is 289. The number of ether oxygens (including phenoxy) is 1. The lowest BCUT2D eigenvalue weighted by Crippen LogP contribution is -2.19. The van der Waals surface area contributed by atoms with Crippen molar-refractivity contribution in [3.8, 4) is 0 Å². The molecule has 0 saturated heterocycles. The fourth-order valence-electron chi connectivity index (χ4n) is 1.25. The molecule has 3 N–H and O–H groups in total. The van der Waals surface area contributed by atoms with Gasteiger partial charge < -0.3 is 19.9 Å². The van der Waals surface area contributed by atoms with E-state index in [1.807, 2.05) is 6.92 Å². The molecule has 0 aromatic carbocycles. The average molecular weight is 300 g/mol. The van der Waals surface area contributed by atoms with Crippen LogP contribution in [0.5, 0.6) is 0 Å². The van der Waals surface area contributed by atoms with Crippen LogP contribution in [-0.2, 0) is 18.4 Å². The first-order valence-electron chi connectivity index (χ1n) is 6.11. The van der Waals surface area contributed by atoms with E-state index in [2.05, 4.69) is 0 Å². The van der Waals surface area contributed by atoms with Crippen molar-refractivity contribution >= 4 is 16.1 Å². The molecule has 0 saturated carbocycles. The van der Waals surface area contributed by atoms with E-state index >= 15 is 0 Å². The first kappa shape index (κ1) is 18.2. The second-order valence-electron chi connectivity index (χ2n) is 4.24. The number of nitrogens with two attached hydrogens (primary N) is 1. The summed E-state index contributed by atoms with van der Waals surface area (Å²) in [6.45, 7) is 5.81. The molecule has 6 nitrogen and oxygen atoms in total. The minimum absolute atomic E-state index is 0.277. The summed E-state index contributed by atoms with van der Waals surface area (Å²) in [4.78, 5) is 9.74. The van der Waals surface area contributed by atoms with Crippen LogP contribution in [-0.4, -0.2) is 29.2 Å². The summed E-state index contributed by atoms with van der Waals surface area (Å²) >= 11 is 0. The maximum Gasteiger partial charge on any atom is 0.406 e. The van der Waals surface area contributed by atoms with Crippen LogP contribution in [0.1, 0.15) is 40.0 Å². The Morgan fingerprint density at radius 3 is 2.44 bits per heavy atom. The molecule has 8 heteroatoms. The largest absolute Gasteiger partial charge is 0.406 e. The molecule has 5 atom stereocenters. The van der Waals surface area contributed by atoms with Gasteiger partial charge in [-0.1, -0.05) is 11.5 Å². The summed E-state index contributed by atoms with van der Waals surface area (Å²) < 4.78 is 33.3. The fourth-order valence-corrected chi connectivity index (χ4v) is 3.39. The van der Waals surface area contributed by atoms with Crippen LogP contribution in [0.25, 0.3) is 0 Å². The molecule has 0 aromatic rings. The Morgan fingerprint density at radius 1 is 1.39 bits per heavy atom. The smallest absolute Gasteiger partial charge is 0.330 e. The number of hydrogen-bond donors (Lipinski definition) is 2. The van der Waals surface area contributed by atoms with Crippen molar-refractivity contribution in [2.45, 2.75) is 57.8 Å². The lowest BCUT2D eigenvalue weighted by molar-refractivity contribution is 0.0513. The molecule has 0 aliphatic carbocycles. The van der Waals surface area contributed by atoms with Crippen LogP contribution in [0.2, 0.25) is 0 Å². The summed E-state index contributed by atoms with van der Waals surface area (Å²) in [6, 6.07) is 0. The van der Waals surface area contributed by atoms with Crippen molar-refractivity contribution in [3.63, 3.8) is 0 Å². The predicted molar refractivity (Wildman–Crippen MR) is 72.3 cm³/mol. The van der Waals surface area contributed by atoms with Gasteiger partial charge in [-0.15, -0.1) is 0 Å². The monoisotopic (exact) mass is 300 g/mol. The van der Waals surface area contributed by atoms with E-state index in [4.69, 9.17) is 15.0 Å². The quantitative estimate of drug-likeness (QED) is 0.601. The topological polar surface area (TPSA) is 98.8 Å². The minimum Gasteiger partial charge on any atom is -0.330 e. The van der Waals surface area contributed by atoms with Crippen LogP contribution in [0.3, 0.4) is 0 Å². The van der Waals surface area contributed by atoms with Gasteiger partial charge in [-0.05, 0) is 39.7 Å².